The Kier molecular flexibility index (Phi) is 4.11. The largest absolute Gasteiger partial charge is 0.507 e. The van der Waals surface area contributed by atoms with Crippen LogP contribution >= 0.6 is 0 Å². The van der Waals surface area contributed by atoms with Gasteiger partial charge in [0.05, 0.1) is 5.56 Å². The molecule has 0 radical (unpaired) electrons. The lowest BCUT2D eigenvalue weighted by molar-refractivity contribution is 0.476. The van der Waals surface area contributed by atoms with Gasteiger partial charge in [-0.1, -0.05) is 6.07 Å². The molecule has 0 unspecified atom stereocenters. The summed E-state index contributed by atoms with van der Waals surface area (Å²) in [5.41, 5.74) is 9.97. The van der Waals surface area contributed by atoms with E-state index in [1.165, 1.54) is 12.1 Å². The summed E-state index contributed by atoms with van der Waals surface area (Å²) < 4.78 is 0. The van der Waals surface area contributed by atoms with Crippen molar-refractivity contribution in [1.82, 2.24) is 15.4 Å². The van der Waals surface area contributed by atoms with E-state index in [4.69, 9.17) is 23.3 Å². The average molecular weight is 305 g/mol. The lowest BCUT2D eigenvalue weighted by Crippen LogP contribution is -2.32. The number of phenols is 1. The smallest absolute Gasteiger partial charge is 0.276 e. The molecule has 0 aliphatic rings. The van der Waals surface area contributed by atoms with Gasteiger partial charge in [0.1, 0.15) is 17.3 Å². The predicted octanol–water partition coefficient (Wildman–Crippen LogP) is -1.91. The zero-order valence-corrected chi connectivity index (χ0v) is 11.3. The normalized spacial score (nSPS) is 11.3. The SMILES string of the molecule is N/N=C(\NN)c1ccc(-c2nc(NN)c(N)c(=O)[nH]2)c(O)c1. The Bertz CT molecular complexity index is 784. The number of benzene rings is 1. The number of nitrogens with zero attached hydrogens (tertiary/aromatic N) is 2. The quantitative estimate of drug-likeness (QED) is 0.137. The number of anilines is 2. The molecule has 0 amide bonds. The Morgan fingerprint density at radius 3 is 2.64 bits per heavy atom. The van der Waals surface area contributed by atoms with Crippen molar-refractivity contribution in [2.24, 2.45) is 22.6 Å². The molecule has 0 saturated carbocycles. The number of aromatic hydroxyl groups is 1. The van der Waals surface area contributed by atoms with E-state index in [1.807, 2.05) is 0 Å². The maximum absolute atomic E-state index is 11.7. The van der Waals surface area contributed by atoms with Crippen LogP contribution in [0.15, 0.2) is 28.1 Å². The maximum atomic E-state index is 11.7. The lowest BCUT2D eigenvalue weighted by Gasteiger charge is -2.10. The van der Waals surface area contributed by atoms with Crippen molar-refractivity contribution >= 4 is 17.3 Å². The van der Waals surface area contributed by atoms with Crippen LogP contribution in [0.1, 0.15) is 5.56 Å². The molecular weight excluding hydrogens is 290 g/mol. The molecular formula is C11H15N9O2. The van der Waals surface area contributed by atoms with Gasteiger partial charge >= 0.3 is 0 Å². The van der Waals surface area contributed by atoms with Crippen LogP contribution in [-0.2, 0) is 0 Å². The number of hydrazone groups is 1. The Hall–Kier alpha value is -3.31. The second kappa shape index (κ2) is 5.99. The molecule has 116 valence electrons. The van der Waals surface area contributed by atoms with E-state index >= 15 is 0 Å². The summed E-state index contributed by atoms with van der Waals surface area (Å²) >= 11 is 0. The van der Waals surface area contributed by atoms with Gasteiger partial charge in [-0.2, -0.15) is 5.10 Å². The number of amidine groups is 1. The van der Waals surface area contributed by atoms with Crippen molar-refractivity contribution in [3.8, 4) is 17.1 Å². The summed E-state index contributed by atoms with van der Waals surface area (Å²) in [4.78, 5) is 18.2. The van der Waals surface area contributed by atoms with Crippen LogP contribution in [0, 0.1) is 0 Å². The molecule has 22 heavy (non-hydrogen) atoms. The zero-order chi connectivity index (χ0) is 16.3. The molecule has 0 atom stereocenters. The molecule has 0 spiro atoms. The van der Waals surface area contributed by atoms with Gasteiger partial charge in [-0.15, -0.1) is 0 Å². The molecule has 11 nitrogen and oxygen atoms in total. The molecule has 0 aliphatic heterocycles. The van der Waals surface area contributed by atoms with E-state index in [0.29, 0.717) is 5.56 Å². The molecule has 1 heterocycles. The Morgan fingerprint density at radius 1 is 1.36 bits per heavy atom. The molecule has 2 aromatic rings. The number of hydrazine groups is 2. The number of phenolic OH excluding ortho intramolecular Hbond substituents is 1. The fraction of sp³-hybridized carbons (Fsp3) is 0. The number of hydrogen-bond acceptors (Lipinski definition) is 9. The minimum Gasteiger partial charge on any atom is -0.507 e. The summed E-state index contributed by atoms with van der Waals surface area (Å²) in [6.07, 6.45) is 0. The van der Waals surface area contributed by atoms with E-state index in [0.717, 1.165) is 0 Å². The first-order chi connectivity index (χ1) is 10.5. The first-order valence-corrected chi connectivity index (χ1v) is 5.96. The van der Waals surface area contributed by atoms with Crippen LogP contribution in [0.2, 0.25) is 0 Å². The van der Waals surface area contributed by atoms with Crippen LogP contribution < -0.4 is 39.7 Å². The van der Waals surface area contributed by atoms with Crippen LogP contribution in [0.5, 0.6) is 5.75 Å². The molecule has 11 heteroatoms. The number of nitrogens with two attached hydrogens (primary N) is 4. The summed E-state index contributed by atoms with van der Waals surface area (Å²) in [6.45, 7) is 0. The molecule has 1 aromatic carbocycles. The van der Waals surface area contributed by atoms with Crippen molar-refractivity contribution in [2.75, 3.05) is 11.2 Å². The Balaban J connectivity index is 2.55. The first-order valence-electron chi connectivity index (χ1n) is 5.96. The van der Waals surface area contributed by atoms with E-state index in [9.17, 15) is 9.90 Å². The summed E-state index contributed by atoms with van der Waals surface area (Å²) in [6, 6.07) is 4.43. The monoisotopic (exact) mass is 305 g/mol. The van der Waals surface area contributed by atoms with Crippen molar-refractivity contribution < 1.29 is 5.11 Å². The van der Waals surface area contributed by atoms with Crippen molar-refractivity contribution in [3.05, 3.63) is 34.1 Å². The molecule has 1 aromatic heterocycles. The summed E-state index contributed by atoms with van der Waals surface area (Å²) in [5, 5.41) is 13.5. The average Bonchev–Trinajstić information content (AvgIpc) is 2.51. The third-order valence-electron chi connectivity index (χ3n) is 2.88. The Morgan fingerprint density at radius 2 is 2.09 bits per heavy atom. The highest BCUT2D eigenvalue weighted by Gasteiger charge is 2.13. The van der Waals surface area contributed by atoms with Gasteiger partial charge in [0.15, 0.2) is 11.7 Å². The standard InChI is InChI=1S/C11H15N9O2/c12-7-10(20-15)16-9(17-11(7)22)5-2-1-4(3-6(5)21)8(18-13)19-14/h1-3,21H,12-15H2,(H,18,19)(H2,16,17,20,22). The fourth-order valence-corrected chi connectivity index (χ4v) is 1.79. The van der Waals surface area contributed by atoms with Gasteiger partial charge in [-0.25, -0.2) is 16.7 Å². The van der Waals surface area contributed by atoms with Crippen molar-refractivity contribution in [3.63, 3.8) is 0 Å². The van der Waals surface area contributed by atoms with Gasteiger partial charge in [-0.3, -0.25) is 4.79 Å². The van der Waals surface area contributed by atoms with Crippen LogP contribution in [0.4, 0.5) is 11.5 Å². The van der Waals surface area contributed by atoms with E-state index in [-0.39, 0.29) is 34.5 Å². The maximum Gasteiger partial charge on any atom is 0.276 e. The highest BCUT2D eigenvalue weighted by Crippen LogP contribution is 2.28. The highest BCUT2D eigenvalue weighted by molar-refractivity contribution is 5.99. The first kappa shape index (κ1) is 15.1. The van der Waals surface area contributed by atoms with Gasteiger partial charge < -0.3 is 32.5 Å². The van der Waals surface area contributed by atoms with Crippen LogP contribution in [-0.4, -0.2) is 20.9 Å². The number of rotatable bonds is 3. The summed E-state index contributed by atoms with van der Waals surface area (Å²) in [5.74, 6) is 15.7. The molecule has 0 bridgehead atoms. The number of H-pyrrole nitrogens is 1. The molecule has 0 saturated heterocycles. The predicted molar refractivity (Wildman–Crippen MR) is 82.2 cm³/mol. The molecule has 0 fully saturated rings. The van der Waals surface area contributed by atoms with Gasteiger partial charge in [0.2, 0.25) is 0 Å². The van der Waals surface area contributed by atoms with Gasteiger partial charge in [0.25, 0.3) is 5.56 Å². The third kappa shape index (κ3) is 2.61. The minimum absolute atomic E-state index is 0.00457. The van der Waals surface area contributed by atoms with E-state index in [2.05, 4.69) is 25.9 Å². The third-order valence-corrected chi connectivity index (χ3v) is 2.88. The molecule has 2 rings (SSSR count). The second-order valence-electron chi connectivity index (χ2n) is 4.18. The van der Waals surface area contributed by atoms with E-state index in [1.54, 1.807) is 6.07 Å². The highest BCUT2D eigenvalue weighted by atomic mass is 16.3. The van der Waals surface area contributed by atoms with Crippen LogP contribution in [0.25, 0.3) is 11.4 Å². The lowest BCUT2D eigenvalue weighted by atomic mass is 10.1. The molecule has 12 N–H and O–H groups in total. The van der Waals surface area contributed by atoms with E-state index < -0.39 is 5.56 Å². The number of aromatic nitrogens is 2. The van der Waals surface area contributed by atoms with Crippen molar-refractivity contribution in [2.45, 2.75) is 0 Å². The topological polar surface area (TPSA) is 206 Å². The molecule has 0 aliphatic carbocycles. The number of nitrogen functional groups attached to an aromatic ring is 2. The minimum atomic E-state index is -0.589. The second-order valence-corrected chi connectivity index (χ2v) is 4.18. The van der Waals surface area contributed by atoms with Gasteiger partial charge in [0, 0.05) is 5.56 Å². The fourth-order valence-electron chi connectivity index (χ4n) is 1.79. The number of aromatic amines is 1. The number of nitrogens with one attached hydrogen (secondary N) is 3. The Labute approximate surface area is 124 Å². The zero-order valence-electron chi connectivity index (χ0n) is 11.3. The van der Waals surface area contributed by atoms with Crippen LogP contribution in [0.3, 0.4) is 0 Å². The van der Waals surface area contributed by atoms with Crippen molar-refractivity contribution in [1.29, 1.82) is 0 Å². The number of hydrogen-bond donors (Lipinski definition) is 8. The summed E-state index contributed by atoms with van der Waals surface area (Å²) in [7, 11) is 0. The van der Waals surface area contributed by atoms with Gasteiger partial charge in [-0.05, 0) is 12.1 Å².